The minimum absolute atomic E-state index is 0.0244. The minimum Gasteiger partial charge on any atom is -0.462 e. The number of halogens is 2. The van der Waals surface area contributed by atoms with Crippen LogP contribution in [0.25, 0.3) is 11.3 Å². The third-order valence-corrected chi connectivity index (χ3v) is 7.15. The Morgan fingerprint density at radius 3 is 2.60 bits per heavy atom. The van der Waals surface area contributed by atoms with E-state index in [1.165, 1.54) is 12.3 Å². The Bertz CT molecular complexity index is 1300. The normalized spacial score (nSPS) is 17.7. The predicted molar refractivity (Wildman–Crippen MR) is 133 cm³/mol. The number of hydrogen-bond donors (Lipinski definition) is 0. The molecule has 186 valence electrons. The second-order valence-corrected chi connectivity index (χ2v) is 15.3. The maximum atomic E-state index is 13.3. The van der Waals surface area contributed by atoms with Crippen molar-refractivity contribution in [2.45, 2.75) is 71.4 Å². The van der Waals surface area contributed by atoms with Gasteiger partial charge in [0, 0.05) is 17.8 Å². The van der Waals surface area contributed by atoms with Gasteiger partial charge in [-0.3, -0.25) is 14.5 Å². The van der Waals surface area contributed by atoms with Gasteiger partial charge in [0.15, 0.2) is 5.43 Å². The summed E-state index contributed by atoms with van der Waals surface area (Å²) in [6.45, 7) is 9.26. The number of benzene rings is 1. The molecule has 3 heterocycles. The predicted octanol–water partition coefficient (Wildman–Crippen LogP) is 5.09. The first kappa shape index (κ1) is 25.0. The van der Waals surface area contributed by atoms with Crippen LogP contribution in [-0.4, -0.2) is 37.5 Å². The van der Waals surface area contributed by atoms with Crippen molar-refractivity contribution in [1.82, 2.24) is 4.68 Å². The molecule has 2 aliphatic heterocycles. The summed E-state index contributed by atoms with van der Waals surface area (Å²) in [4.78, 5) is 25.4. The first-order valence-electron chi connectivity index (χ1n) is 11.7. The van der Waals surface area contributed by atoms with Crippen LogP contribution in [0, 0.1) is 11.5 Å². The summed E-state index contributed by atoms with van der Waals surface area (Å²) in [5, 5.41) is 2.15. The van der Waals surface area contributed by atoms with Crippen molar-refractivity contribution in [1.29, 1.82) is 0 Å². The number of nitrogens with zero attached hydrogens (tertiary/aromatic N) is 2. The maximum absolute atomic E-state index is 13.3. The number of esters is 1. The van der Waals surface area contributed by atoms with Crippen LogP contribution in [0.15, 0.2) is 29.2 Å². The van der Waals surface area contributed by atoms with Crippen LogP contribution in [-0.2, 0) is 4.74 Å². The van der Waals surface area contributed by atoms with E-state index in [2.05, 4.69) is 50.0 Å². The minimum atomic E-state index is -3.01. The van der Waals surface area contributed by atoms with E-state index >= 15 is 0 Å². The molecule has 0 aliphatic carbocycles. The van der Waals surface area contributed by atoms with E-state index in [4.69, 9.17) is 9.47 Å². The van der Waals surface area contributed by atoms with E-state index in [1.807, 2.05) is 6.07 Å². The zero-order valence-electron chi connectivity index (χ0n) is 20.9. The number of carbonyl (C=O) groups excluding carboxylic acids is 1. The summed E-state index contributed by atoms with van der Waals surface area (Å²) in [7, 11) is -1.78. The highest BCUT2D eigenvalue weighted by Crippen LogP contribution is 2.49. The van der Waals surface area contributed by atoms with E-state index in [1.54, 1.807) is 17.7 Å². The molecule has 1 fully saturated rings. The standard InChI is InChI=1S/C26H30F2N2O4Si/c1-7-33-24(32)19-15-29-21(14-22(19)31)18-13-23(34-25(27)28)16(9-11-35(4,5)6)12-17(18)20-8-10-26(2,3)30(20)29/h12-15,20,25H,7-8,10H2,1-6H3/t20-/m1/s1. The lowest BCUT2D eigenvalue weighted by Gasteiger charge is -2.44. The molecule has 2 aliphatic rings. The Labute approximate surface area is 204 Å². The lowest BCUT2D eigenvalue weighted by atomic mass is 9.92. The Morgan fingerprint density at radius 2 is 1.97 bits per heavy atom. The van der Waals surface area contributed by atoms with Gasteiger partial charge < -0.3 is 9.47 Å². The molecular weight excluding hydrogens is 470 g/mol. The fourth-order valence-electron chi connectivity index (χ4n) is 4.78. The zero-order chi connectivity index (χ0) is 25.7. The van der Waals surface area contributed by atoms with E-state index in [0.29, 0.717) is 16.8 Å². The molecule has 9 heteroatoms. The molecule has 0 spiro atoms. The van der Waals surface area contributed by atoms with Gasteiger partial charge in [0.1, 0.15) is 19.4 Å². The number of alkyl halides is 2. The van der Waals surface area contributed by atoms with Crippen molar-refractivity contribution in [2.75, 3.05) is 11.6 Å². The fraction of sp³-hybridized carbons (Fsp3) is 0.462. The third kappa shape index (κ3) is 4.72. The molecule has 1 aromatic heterocycles. The summed E-state index contributed by atoms with van der Waals surface area (Å²) in [6, 6.07) is 4.66. The van der Waals surface area contributed by atoms with Gasteiger partial charge in [0.25, 0.3) is 0 Å². The highest BCUT2D eigenvalue weighted by Gasteiger charge is 2.45. The highest BCUT2D eigenvalue weighted by atomic mass is 28.3. The molecule has 0 amide bonds. The van der Waals surface area contributed by atoms with Gasteiger partial charge in [0.2, 0.25) is 0 Å². The summed E-state index contributed by atoms with van der Waals surface area (Å²) >= 11 is 0. The number of fused-ring (bicyclic) bond motifs is 6. The largest absolute Gasteiger partial charge is 0.462 e. The van der Waals surface area contributed by atoms with Gasteiger partial charge in [-0.1, -0.05) is 25.6 Å². The van der Waals surface area contributed by atoms with Crippen molar-refractivity contribution >= 4 is 14.0 Å². The average molecular weight is 501 g/mol. The molecular formula is C26H30F2N2O4Si. The molecule has 0 unspecified atom stereocenters. The van der Waals surface area contributed by atoms with Crippen molar-refractivity contribution in [3.63, 3.8) is 0 Å². The van der Waals surface area contributed by atoms with E-state index in [0.717, 1.165) is 18.4 Å². The zero-order valence-corrected chi connectivity index (χ0v) is 21.9. The maximum Gasteiger partial charge on any atom is 0.387 e. The Morgan fingerprint density at radius 1 is 1.26 bits per heavy atom. The molecule has 0 bridgehead atoms. The van der Waals surface area contributed by atoms with Crippen molar-refractivity contribution < 1.29 is 23.0 Å². The number of aromatic nitrogens is 1. The second-order valence-electron chi connectivity index (χ2n) is 10.5. The number of hydrogen-bond acceptors (Lipinski definition) is 5. The molecule has 4 rings (SSSR count). The Hall–Kier alpha value is -3.12. The number of carbonyl (C=O) groups is 1. The molecule has 2 aromatic rings. The Kier molecular flexibility index (Phi) is 6.30. The highest BCUT2D eigenvalue weighted by molar-refractivity contribution is 6.83. The average Bonchev–Trinajstić information content (AvgIpc) is 3.06. The number of rotatable bonds is 4. The lowest BCUT2D eigenvalue weighted by Crippen LogP contribution is -2.50. The van der Waals surface area contributed by atoms with Gasteiger partial charge >= 0.3 is 12.6 Å². The van der Waals surface area contributed by atoms with Crippen LogP contribution in [0.4, 0.5) is 8.78 Å². The molecule has 0 saturated carbocycles. The monoisotopic (exact) mass is 500 g/mol. The van der Waals surface area contributed by atoms with Crippen molar-refractivity contribution in [3.8, 4) is 28.5 Å². The molecule has 1 atom stereocenters. The topological polar surface area (TPSA) is 60.8 Å². The number of pyridine rings is 1. The van der Waals surface area contributed by atoms with Gasteiger partial charge in [-0.15, -0.1) is 5.54 Å². The van der Waals surface area contributed by atoms with Gasteiger partial charge in [-0.25, -0.2) is 4.79 Å². The van der Waals surface area contributed by atoms with Gasteiger partial charge in [-0.05, 0) is 51.3 Å². The van der Waals surface area contributed by atoms with Gasteiger partial charge in [-0.2, -0.15) is 8.78 Å². The molecule has 0 N–H and O–H groups in total. The number of ether oxygens (including phenoxy) is 2. The van der Waals surface area contributed by atoms with Gasteiger partial charge in [0.05, 0.1) is 29.4 Å². The van der Waals surface area contributed by atoms with Crippen LogP contribution in [0.1, 0.15) is 61.1 Å². The van der Waals surface area contributed by atoms with Crippen LogP contribution in [0.3, 0.4) is 0 Å². The third-order valence-electron chi connectivity index (χ3n) is 6.28. The summed E-state index contributed by atoms with van der Waals surface area (Å²) < 4.78 is 38.4. The Balaban J connectivity index is 1.99. The summed E-state index contributed by atoms with van der Waals surface area (Å²) in [5.74, 6) is 2.37. The van der Waals surface area contributed by atoms with Crippen molar-refractivity contribution in [2.24, 2.45) is 0 Å². The lowest BCUT2D eigenvalue weighted by molar-refractivity contribution is -0.0500. The van der Waals surface area contributed by atoms with E-state index in [9.17, 15) is 18.4 Å². The smallest absolute Gasteiger partial charge is 0.387 e. The van der Waals surface area contributed by atoms with Crippen LogP contribution < -0.4 is 15.2 Å². The van der Waals surface area contributed by atoms with E-state index < -0.39 is 26.1 Å². The summed E-state index contributed by atoms with van der Waals surface area (Å²) in [6.07, 6.45) is 3.18. The van der Waals surface area contributed by atoms with Crippen molar-refractivity contribution in [3.05, 3.63) is 51.3 Å². The quantitative estimate of drug-likeness (QED) is 0.333. The first-order valence-corrected chi connectivity index (χ1v) is 15.2. The molecule has 0 radical (unpaired) electrons. The van der Waals surface area contributed by atoms with Crippen LogP contribution >= 0.6 is 0 Å². The SMILES string of the molecule is CCOC(=O)c1cn2c(cc1=O)-c1cc(OC(F)F)c(C#C[Si](C)(C)C)cc1[C@H]1CCC(C)(C)N12. The first-order chi connectivity index (χ1) is 16.3. The molecule has 6 nitrogen and oxygen atoms in total. The second kappa shape index (κ2) is 8.83. The van der Waals surface area contributed by atoms with Crippen LogP contribution in [0.2, 0.25) is 19.6 Å². The molecule has 1 aromatic carbocycles. The van der Waals surface area contributed by atoms with Crippen LogP contribution in [0.5, 0.6) is 5.75 Å². The molecule has 35 heavy (non-hydrogen) atoms. The molecule has 1 saturated heterocycles. The fourth-order valence-corrected chi connectivity index (χ4v) is 5.29. The summed E-state index contributed by atoms with van der Waals surface area (Å²) in [5.41, 5.74) is 4.84. The van der Waals surface area contributed by atoms with E-state index in [-0.39, 0.29) is 29.5 Å².